The van der Waals surface area contributed by atoms with E-state index in [-0.39, 0.29) is 17.3 Å². The minimum atomic E-state index is -0.770. The van der Waals surface area contributed by atoms with Gasteiger partial charge in [-0.05, 0) is 44.9 Å². The average molecular weight is 252 g/mol. The molecule has 0 heterocycles. The van der Waals surface area contributed by atoms with Crippen molar-refractivity contribution in [2.24, 2.45) is 0 Å². The van der Waals surface area contributed by atoms with Gasteiger partial charge in [0.05, 0.1) is 0 Å². The summed E-state index contributed by atoms with van der Waals surface area (Å²) >= 11 is 0. The zero-order chi connectivity index (χ0) is 13.8. The molecule has 0 unspecified atom stereocenters. The second-order valence-corrected chi connectivity index (χ2v) is 4.69. The third-order valence-corrected chi connectivity index (χ3v) is 2.86. The SMILES string of the molecule is CCOC(C)(C)C(=O)CCc1ccc(O)c(O)c1. The molecule has 0 saturated heterocycles. The molecule has 0 saturated carbocycles. The summed E-state index contributed by atoms with van der Waals surface area (Å²) in [6.07, 6.45) is 0.862. The predicted octanol–water partition coefficient (Wildman–Crippen LogP) is 2.41. The van der Waals surface area contributed by atoms with Crippen molar-refractivity contribution in [3.63, 3.8) is 0 Å². The van der Waals surface area contributed by atoms with E-state index in [9.17, 15) is 15.0 Å². The number of phenolic OH excluding ortho intramolecular Hbond substituents is 2. The summed E-state index contributed by atoms with van der Waals surface area (Å²) < 4.78 is 5.38. The van der Waals surface area contributed by atoms with Crippen molar-refractivity contribution in [1.29, 1.82) is 0 Å². The van der Waals surface area contributed by atoms with Gasteiger partial charge in [-0.2, -0.15) is 0 Å². The number of carbonyl (C=O) groups is 1. The number of benzene rings is 1. The maximum Gasteiger partial charge on any atom is 0.164 e. The lowest BCUT2D eigenvalue weighted by Gasteiger charge is -2.22. The molecule has 0 radical (unpaired) electrons. The second-order valence-electron chi connectivity index (χ2n) is 4.69. The van der Waals surface area contributed by atoms with Crippen molar-refractivity contribution < 1.29 is 19.7 Å². The first-order valence-corrected chi connectivity index (χ1v) is 6.05. The van der Waals surface area contributed by atoms with Crippen molar-refractivity contribution in [2.45, 2.75) is 39.2 Å². The standard InChI is InChI=1S/C14H20O4/c1-4-18-14(2,3)13(17)8-6-10-5-7-11(15)12(16)9-10/h5,7,9,15-16H,4,6,8H2,1-3H3. The van der Waals surface area contributed by atoms with Crippen LogP contribution in [0.15, 0.2) is 18.2 Å². The zero-order valence-electron chi connectivity index (χ0n) is 11.1. The van der Waals surface area contributed by atoms with Gasteiger partial charge in [0.2, 0.25) is 0 Å². The lowest BCUT2D eigenvalue weighted by Crippen LogP contribution is -2.35. The van der Waals surface area contributed by atoms with Crippen molar-refractivity contribution in [3.05, 3.63) is 23.8 Å². The fourth-order valence-electron chi connectivity index (χ4n) is 1.72. The quantitative estimate of drug-likeness (QED) is 0.763. The van der Waals surface area contributed by atoms with Crippen molar-refractivity contribution in [1.82, 2.24) is 0 Å². The molecule has 1 rings (SSSR count). The van der Waals surface area contributed by atoms with Gasteiger partial charge in [-0.1, -0.05) is 6.07 Å². The van der Waals surface area contributed by atoms with E-state index in [0.717, 1.165) is 5.56 Å². The largest absolute Gasteiger partial charge is 0.504 e. The first-order chi connectivity index (χ1) is 8.36. The molecule has 0 spiro atoms. The summed E-state index contributed by atoms with van der Waals surface area (Å²) in [6.45, 7) is 5.87. The second kappa shape index (κ2) is 5.87. The number of ketones is 1. The highest BCUT2D eigenvalue weighted by Crippen LogP contribution is 2.25. The summed E-state index contributed by atoms with van der Waals surface area (Å²) in [5.41, 5.74) is 0.0409. The number of carbonyl (C=O) groups excluding carboxylic acids is 1. The number of aromatic hydroxyl groups is 2. The van der Waals surface area contributed by atoms with Crippen molar-refractivity contribution >= 4 is 5.78 Å². The van der Waals surface area contributed by atoms with Crippen LogP contribution < -0.4 is 0 Å². The molecular formula is C14H20O4. The van der Waals surface area contributed by atoms with E-state index in [1.54, 1.807) is 19.9 Å². The van der Waals surface area contributed by atoms with E-state index in [4.69, 9.17) is 4.74 Å². The molecule has 4 nitrogen and oxygen atoms in total. The van der Waals surface area contributed by atoms with E-state index in [1.165, 1.54) is 12.1 Å². The average Bonchev–Trinajstić information content (AvgIpc) is 2.30. The Labute approximate surface area is 107 Å². The number of hydrogen-bond donors (Lipinski definition) is 2. The van der Waals surface area contributed by atoms with Crippen LogP contribution in [0, 0.1) is 0 Å². The van der Waals surface area contributed by atoms with Gasteiger partial charge in [0, 0.05) is 13.0 Å². The van der Waals surface area contributed by atoms with E-state index in [1.807, 2.05) is 6.92 Å². The monoisotopic (exact) mass is 252 g/mol. The summed E-state index contributed by atoms with van der Waals surface area (Å²) in [5.74, 6) is -0.291. The van der Waals surface area contributed by atoms with Crippen LogP contribution >= 0.6 is 0 Å². The summed E-state index contributed by atoms with van der Waals surface area (Å²) in [4.78, 5) is 11.9. The molecule has 2 N–H and O–H groups in total. The number of rotatable bonds is 6. The van der Waals surface area contributed by atoms with Crippen LogP contribution in [0.4, 0.5) is 0 Å². The summed E-state index contributed by atoms with van der Waals surface area (Å²) in [7, 11) is 0. The molecule has 4 heteroatoms. The molecule has 0 amide bonds. The highest BCUT2D eigenvalue weighted by atomic mass is 16.5. The van der Waals surface area contributed by atoms with Gasteiger partial charge in [0.25, 0.3) is 0 Å². The predicted molar refractivity (Wildman–Crippen MR) is 68.8 cm³/mol. The number of aryl methyl sites for hydroxylation is 1. The lowest BCUT2D eigenvalue weighted by molar-refractivity contribution is -0.139. The van der Waals surface area contributed by atoms with Gasteiger partial charge < -0.3 is 14.9 Å². The van der Waals surface area contributed by atoms with Crippen LogP contribution in [-0.2, 0) is 16.0 Å². The normalized spacial score (nSPS) is 11.5. The number of Topliss-reactive ketones (excluding diaryl/α,β-unsaturated/α-hetero) is 1. The molecule has 0 aliphatic rings. The first-order valence-electron chi connectivity index (χ1n) is 6.05. The highest BCUT2D eigenvalue weighted by molar-refractivity contribution is 5.86. The Morgan fingerprint density at radius 3 is 2.50 bits per heavy atom. The van der Waals surface area contributed by atoms with Gasteiger partial charge >= 0.3 is 0 Å². The Bertz CT molecular complexity index is 424. The number of phenols is 2. The van der Waals surface area contributed by atoms with Crippen LogP contribution in [0.1, 0.15) is 32.8 Å². The minimum Gasteiger partial charge on any atom is -0.504 e. The molecule has 1 aromatic carbocycles. The Morgan fingerprint density at radius 2 is 1.94 bits per heavy atom. The summed E-state index contributed by atoms with van der Waals surface area (Å²) in [6, 6.07) is 4.58. The molecule has 0 fully saturated rings. The third-order valence-electron chi connectivity index (χ3n) is 2.86. The van der Waals surface area contributed by atoms with Crippen LogP contribution in [-0.4, -0.2) is 28.2 Å². The molecule has 0 atom stereocenters. The molecular weight excluding hydrogens is 232 g/mol. The van der Waals surface area contributed by atoms with Crippen LogP contribution in [0.25, 0.3) is 0 Å². The van der Waals surface area contributed by atoms with E-state index < -0.39 is 5.60 Å². The summed E-state index contributed by atoms with van der Waals surface area (Å²) in [5, 5.41) is 18.5. The van der Waals surface area contributed by atoms with E-state index in [2.05, 4.69) is 0 Å². The molecule has 0 aliphatic heterocycles. The zero-order valence-corrected chi connectivity index (χ0v) is 11.1. The Kier molecular flexibility index (Phi) is 4.73. The van der Waals surface area contributed by atoms with Crippen LogP contribution in [0.5, 0.6) is 11.5 Å². The maximum atomic E-state index is 11.9. The molecule has 1 aromatic rings. The smallest absolute Gasteiger partial charge is 0.164 e. The third kappa shape index (κ3) is 3.74. The molecule has 18 heavy (non-hydrogen) atoms. The van der Waals surface area contributed by atoms with E-state index in [0.29, 0.717) is 19.4 Å². The van der Waals surface area contributed by atoms with Crippen LogP contribution in [0.3, 0.4) is 0 Å². The Balaban J connectivity index is 2.60. The molecule has 100 valence electrons. The van der Waals surface area contributed by atoms with Gasteiger partial charge in [-0.15, -0.1) is 0 Å². The Morgan fingerprint density at radius 1 is 1.28 bits per heavy atom. The van der Waals surface area contributed by atoms with Crippen molar-refractivity contribution in [3.8, 4) is 11.5 Å². The van der Waals surface area contributed by atoms with Gasteiger partial charge in [0.15, 0.2) is 17.3 Å². The highest BCUT2D eigenvalue weighted by Gasteiger charge is 2.26. The fraction of sp³-hybridized carbons (Fsp3) is 0.500. The van der Waals surface area contributed by atoms with Gasteiger partial charge in [-0.25, -0.2) is 0 Å². The van der Waals surface area contributed by atoms with E-state index >= 15 is 0 Å². The van der Waals surface area contributed by atoms with Crippen molar-refractivity contribution in [2.75, 3.05) is 6.61 Å². The number of hydrogen-bond acceptors (Lipinski definition) is 4. The maximum absolute atomic E-state index is 11.9. The van der Waals surface area contributed by atoms with Crippen LogP contribution in [0.2, 0.25) is 0 Å². The number of ether oxygens (including phenoxy) is 1. The minimum absolute atomic E-state index is 0.0249. The molecule has 0 bridgehead atoms. The molecule has 0 aliphatic carbocycles. The van der Waals surface area contributed by atoms with Gasteiger partial charge in [-0.3, -0.25) is 4.79 Å². The molecule has 0 aromatic heterocycles. The lowest BCUT2D eigenvalue weighted by atomic mass is 9.97. The first kappa shape index (κ1) is 14.5. The van der Waals surface area contributed by atoms with Gasteiger partial charge in [0.1, 0.15) is 5.60 Å². The Hall–Kier alpha value is -1.55. The topological polar surface area (TPSA) is 66.8 Å². The fourth-order valence-corrected chi connectivity index (χ4v) is 1.72.